The third-order valence-corrected chi connectivity index (χ3v) is 3.22. The summed E-state index contributed by atoms with van der Waals surface area (Å²) in [6, 6.07) is 2.15. The molecule has 0 bridgehead atoms. The van der Waals surface area contributed by atoms with Gasteiger partial charge < -0.3 is 16.8 Å². The summed E-state index contributed by atoms with van der Waals surface area (Å²) in [5.41, 5.74) is 11.1. The highest BCUT2D eigenvalue weighted by Gasteiger charge is 2.14. The van der Waals surface area contributed by atoms with Gasteiger partial charge in [-0.2, -0.15) is 0 Å². The number of anilines is 3. The van der Waals surface area contributed by atoms with Crippen LogP contribution in [0.5, 0.6) is 0 Å². The van der Waals surface area contributed by atoms with E-state index in [1.54, 1.807) is 0 Å². The van der Waals surface area contributed by atoms with Crippen molar-refractivity contribution in [1.29, 1.82) is 0 Å². The van der Waals surface area contributed by atoms with E-state index in [1.807, 2.05) is 6.92 Å². The Labute approximate surface area is 124 Å². The van der Waals surface area contributed by atoms with Gasteiger partial charge in [0.25, 0.3) is 0 Å². The predicted molar refractivity (Wildman–Crippen MR) is 77.9 cm³/mol. The SMILES string of the molecule is CCCNc1nc(Sc2nc(N)cc(N)n2)c(F)cc1F. The number of halogens is 2. The van der Waals surface area contributed by atoms with Crippen LogP contribution in [0, 0.1) is 11.6 Å². The van der Waals surface area contributed by atoms with Gasteiger partial charge in [0.1, 0.15) is 16.7 Å². The molecule has 0 saturated carbocycles. The molecule has 0 fully saturated rings. The minimum Gasteiger partial charge on any atom is -0.383 e. The molecule has 2 heterocycles. The molecule has 2 rings (SSSR count). The highest BCUT2D eigenvalue weighted by atomic mass is 32.2. The van der Waals surface area contributed by atoms with Crippen molar-refractivity contribution in [2.75, 3.05) is 23.3 Å². The van der Waals surface area contributed by atoms with E-state index in [4.69, 9.17) is 11.5 Å². The summed E-state index contributed by atoms with van der Waals surface area (Å²) < 4.78 is 27.3. The van der Waals surface area contributed by atoms with Gasteiger partial charge in [0.05, 0.1) is 0 Å². The first-order chi connectivity index (χ1) is 9.99. The molecule has 0 amide bonds. The van der Waals surface area contributed by atoms with Crippen molar-refractivity contribution in [1.82, 2.24) is 15.0 Å². The second-order valence-electron chi connectivity index (χ2n) is 4.13. The Morgan fingerprint density at radius 1 is 1.10 bits per heavy atom. The maximum atomic E-state index is 13.8. The van der Waals surface area contributed by atoms with Gasteiger partial charge >= 0.3 is 0 Å². The number of hydrogen-bond donors (Lipinski definition) is 3. The Balaban J connectivity index is 2.30. The molecule has 6 nitrogen and oxygen atoms in total. The number of nitrogens with one attached hydrogen (secondary N) is 1. The fourth-order valence-corrected chi connectivity index (χ4v) is 2.25. The van der Waals surface area contributed by atoms with E-state index in [9.17, 15) is 8.78 Å². The fraction of sp³-hybridized carbons (Fsp3) is 0.250. The van der Waals surface area contributed by atoms with Crippen LogP contribution in [0.4, 0.5) is 26.2 Å². The first-order valence-electron chi connectivity index (χ1n) is 6.17. The molecule has 0 atom stereocenters. The molecule has 21 heavy (non-hydrogen) atoms. The Morgan fingerprint density at radius 2 is 1.76 bits per heavy atom. The van der Waals surface area contributed by atoms with Crippen LogP contribution >= 0.6 is 11.8 Å². The number of nitrogens with zero attached hydrogens (tertiary/aromatic N) is 3. The zero-order valence-electron chi connectivity index (χ0n) is 11.2. The van der Waals surface area contributed by atoms with E-state index < -0.39 is 11.6 Å². The third kappa shape index (κ3) is 3.91. The summed E-state index contributed by atoms with van der Waals surface area (Å²) in [6.45, 7) is 2.45. The lowest BCUT2D eigenvalue weighted by Crippen LogP contribution is -2.06. The van der Waals surface area contributed by atoms with Gasteiger partial charge in [0.15, 0.2) is 22.6 Å². The van der Waals surface area contributed by atoms with Gasteiger partial charge in [-0.3, -0.25) is 0 Å². The quantitative estimate of drug-likeness (QED) is 0.728. The van der Waals surface area contributed by atoms with Crippen molar-refractivity contribution in [2.45, 2.75) is 23.5 Å². The third-order valence-electron chi connectivity index (χ3n) is 2.37. The number of hydrogen-bond acceptors (Lipinski definition) is 7. The Hall–Kier alpha value is -2.16. The van der Waals surface area contributed by atoms with Gasteiger partial charge in [0.2, 0.25) is 0 Å². The summed E-state index contributed by atoms with van der Waals surface area (Å²) >= 11 is 0.824. The second kappa shape index (κ2) is 6.53. The molecule has 0 spiro atoms. The molecule has 0 radical (unpaired) electrons. The van der Waals surface area contributed by atoms with Crippen molar-refractivity contribution in [2.24, 2.45) is 0 Å². The van der Waals surface area contributed by atoms with Crippen molar-refractivity contribution < 1.29 is 8.78 Å². The largest absolute Gasteiger partial charge is 0.383 e. The number of aromatic nitrogens is 3. The molecule has 0 aromatic carbocycles. The first kappa shape index (κ1) is 15.2. The molecule has 2 aromatic heterocycles. The summed E-state index contributed by atoms with van der Waals surface area (Å²) in [7, 11) is 0. The molecule has 2 aromatic rings. The van der Waals surface area contributed by atoms with Crippen molar-refractivity contribution in [3.63, 3.8) is 0 Å². The minimum absolute atomic E-state index is 0.0161. The lowest BCUT2D eigenvalue weighted by Gasteiger charge is -2.08. The van der Waals surface area contributed by atoms with Crippen molar-refractivity contribution >= 4 is 29.2 Å². The molecular weight excluding hydrogens is 298 g/mol. The molecule has 0 aliphatic rings. The second-order valence-corrected chi connectivity index (χ2v) is 5.09. The molecule has 0 aliphatic carbocycles. The molecule has 112 valence electrons. The molecule has 0 aliphatic heterocycles. The number of nitrogens with two attached hydrogens (primary N) is 2. The number of rotatable bonds is 5. The van der Waals surface area contributed by atoms with Gasteiger partial charge in [-0.05, 0) is 18.2 Å². The van der Waals surface area contributed by atoms with Gasteiger partial charge in [-0.1, -0.05) is 6.92 Å². The van der Waals surface area contributed by atoms with Gasteiger partial charge in [-0.25, -0.2) is 23.7 Å². The molecular formula is C12H14F2N6S. The van der Waals surface area contributed by atoms with E-state index in [0.29, 0.717) is 6.54 Å². The van der Waals surface area contributed by atoms with Crippen LogP contribution in [0.3, 0.4) is 0 Å². The smallest absolute Gasteiger partial charge is 0.197 e. The Bertz CT molecular complexity index is 632. The highest BCUT2D eigenvalue weighted by Crippen LogP contribution is 2.29. The van der Waals surface area contributed by atoms with Crippen LogP contribution in [0.15, 0.2) is 22.3 Å². The van der Waals surface area contributed by atoms with Gasteiger partial charge in [-0.15, -0.1) is 0 Å². The van der Waals surface area contributed by atoms with Crippen LogP contribution in [0.2, 0.25) is 0 Å². The van der Waals surface area contributed by atoms with E-state index in [1.165, 1.54) is 6.07 Å². The maximum Gasteiger partial charge on any atom is 0.197 e. The normalized spacial score (nSPS) is 10.6. The predicted octanol–water partition coefficient (Wildman–Crippen LogP) is 2.29. The lowest BCUT2D eigenvalue weighted by molar-refractivity contribution is 0.550. The average Bonchev–Trinajstić information content (AvgIpc) is 2.39. The number of pyridine rings is 1. The zero-order chi connectivity index (χ0) is 15.4. The summed E-state index contributed by atoms with van der Waals surface area (Å²) in [5, 5.41) is 2.87. The van der Waals surface area contributed by atoms with Crippen LogP contribution in [-0.2, 0) is 0 Å². The van der Waals surface area contributed by atoms with E-state index >= 15 is 0 Å². The topological polar surface area (TPSA) is 103 Å². The van der Waals surface area contributed by atoms with Crippen molar-refractivity contribution in [3.8, 4) is 0 Å². The minimum atomic E-state index is -0.802. The lowest BCUT2D eigenvalue weighted by atomic mass is 10.4. The molecule has 0 unspecified atom stereocenters. The monoisotopic (exact) mass is 312 g/mol. The molecule has 5 N–H and O–H groups in total. The highest BCUT2D eigenvalue weighted by molar-refractivity contribution is 7.99. The average molecular weight is 312 g/mol. The number of nitrogen functional groups attached to an aromatic ring is 2. The van der Waals surface area contributed by atoms with Crippen LogP contribution < -0.4 is 16.8 Å². The maximum absolute atomic E-state index is 13.8. The van der Waals surface area contributed by atoms with Crippen LogP contribution in [0.25, 0.3) is 0 Å². The van der Waals surface area contributed by atoms with Crippen LogP contribution in [-0.4, -0.2) is 21.5 Å². The Morgan fingerprint density at radius 3 is 2.38 bits per heavy atom. The standard InChI is InChI=1S/C12H14F2N6S/c1-2-3-17-10-6(13)4-7(14)11(20-10)21-12-18-8(15)5-9(16)19-12/h4-5H,2-3H2,1H3,(H,17,20)(H4,15,16,18,19). The first-order valence-corrected chi connectivity index (χ1v) is 6.99. The molecule has 9 heteroatoms. The molecule has 0 saturated heterocycles. The van der Waals surface area contributed by atoms with Crippen molar-refractivity contribution in [3.05, 3.63) is 23.8 Å². The van der Waals surface area contributed by atoms with E-state index in [-0.39, 0.29) is 27.6 Å². The Kier molecular flexibility index (Phi) is 4.73. The fourth-order valence-electron chi connectivity index (χ4n) is 1.48. The zero-order valence-corrected chi connectivity index (χ0v) is 12.0. The van der Waals surface area contributed by atoms with E-state index in [0.717, 1.165) is 24.2 Å². The summed E-state index contributed by atoms with van der Waals surface area (Å²) in [5.74, 6) is -1.24. The van der Waals surface area contributed by atoms with Crippen LogP contribution in [0.1, 0.15) is 13.3 Å². The van der Waals surface area contributed by atoms with E-state index in [2.05, 4.69) is 20.3 Å². The van der Waals surface area contributed by atoms with Gasteiger partial charge in [0, 0.05) is 18.7 Å². The summed E-state index contributed by atoms with van der Waals surface area (Å²) in [6.07, 6.45) is 0.788. The summed E-state index contributed by atoms with van der Waals surface area (Å²) in [4.78, 5) is 11.7.